The number of nitriles is 1. The lowest BCUT2D eigenvalue weighted by atomic mass is 9.91. The van der Waals surface area contributed by atoms with Crippen LogP contribution in [0.3, 0.4) is 0 Å². The Hall–Kier alpha value is -5.71. The first-order valence-electron chi connectivity index (χ1n) is 18.3. The molecular weight excluding hydrogens is 711 g/mol. The van der Waals surface area contributed by atoms with Crippen LogP contribution in [0.1, 0.15) is 47.1 Å². The average Bonchev–Trinajstić information content (AvgIpc) is 4.01. The van der Waals surface area contributed by atoms with E-state index in [4.69, 9.17) is 28.3 Å². The molecule has 0 spiro atoms. The average molecular weight is 750 g/mol. The van der Waals surface area contributed by atoms with Crippen molar-refractivity contribution in [3.8, 4) is 45.9 Å². The van der Waals surface area contributed by atoms with Gasteiger partial charge in [-0.05, 0) is 104 Å². The van der Waals surface area contributed by atoms with Crippen LogP contribution in [-0.4, -0.2) is 59.8 Å². The molecule has 0 bridgehead atoms. The summed E-state index contributed by atoms with van der Waals surface area (Å²) in [4.78, 5) is 24.3. The van der Waals surface area contributed by atoms with Crippen molar-refractivity contribution in [2.45, 2.75) is 58.9 Å². The van der Waals surface area contributed by atoms with E-state index in [1.54, 1.807) is 0 Å². The number of benzene rings is 4. The Balaban J connectivity index is 1.10. The summed E-state index contributed by atoms with van der Waals surface area (Å²) in [5.41, 5.74) is 8.24. The number of hydrogen-bond acceptors (Lipinski definition) is 10. The summed E-state index contributed by atoms with van der Waals surface area (Å²) in [6.45, 7) is 3.07. The summed E-state index contributed by atoms with van der Waals surface area (Å²) < 4.78 is 62.7. The zero-order valence-corrected chi connectivity index (χ0v) is 30.3. The monoisotopic (exact) mass is 749 g/mol. The molecule has 2 atom stereocenters. The van der Waals surface area contributed by atoms with Gasteiger partial charge in [-0.1, -0.05) is 24.3 Å². The van der Waals surface area contributed by atoms with Crippen molar-refractivity contribution in [2.24, 2.45) is 5.92 Å². The van der Waals surface area contributed by atoms with E-state index < -0.39 is 18.6 Å². The molecule has 282 valence electrons. The van der Waals surface area contributed by atoms with Gasteiger partial charge in [0.05, 0.1) is 12.2 Å². The SMILES string of the molecule is Cc1c(-c2nc3cc(COC(=O)[C@@H]4CCCN4)c(OC(F)F)cc3o2)cccc1-c1cccc(-c2nc3cc(CN4CCC(CF)C4)cc(C#N)c3o2)c1C. The second kappa shape index (κ2) is 15.2. The van der Waals surface area contributed by atoms with Gasteiger partial charge < -0.3 is 23.6 Å². The fraction of sp³-hybridized carbons (Fsp3) is 0.333. The number of alkyl halides is 3. The minimum atomic E-state index is -3.10. The largest absolute Gasteiger partial charge is 0.460 e. The van der Waals surface area contributed by atoms with Gasteiger partial charge in [0.15, 0.2) is 11.2 Å². The number of carbonyl (C=O) groups is 1. The van der Waals surface area contributed by atoms with Crippen LogP contribution in [0.4, 0.5) is 13.2 Å². The maximum absolute atomic E-state index is 13.4. The molecule has 2 aliphatic heterocycles. The fourth-order valence-electron chi connectivity index (χ4n) is 7.71. The zero-order valence-electron chi connectivity index (χ0n) is 30.3. The third-order valence-corrected chi connectivity index (χ3v) is 10.6. The van der Waals surface area contributed by atoms with Gasteiger partial charge in [0.25, 0.3) is 0 Å². The summed E-state index contributed by atoms with van der Waals surface area (Å²) in [6.07, 6.45) is 2.33. The van der Waals surface area contributed by atoms with E-state index in [9.17, 15) is 23.2 Å². The van der Waals surface area contributed by atoms with Crippen LogP contribution in [0, 0.1) is 31.1 Å². The topological polar surface area (TPSA) is 127 Å². The third kappa shape index (κ3) is 7.27. The maximum Gasteiger partial charge on any atom is 0.387 e. The molecule has 10 nitrogen and oxygen atoms in total. The molecule has 2 fully saturated rings. The number of hydrogen-bond donors (Lipinski definition) is 1. The predicted octanol–water partition coefficient (Wildman–Crippen LogP) is 8.65. The number of ether oxygens (including phenoxy) is 2. The highest BCUT2D eigenvalue weighted by Crippen LogP contribution is 2.39. The molecular formula is C42H38F3N5O5. The van der Waals surface area contributed by atoms with Crippen molar-refractivity contribution in [1.82, 2.24) is 20.2 Å². The van der Waals surface area contributed by atoms with Crippen LogP contribution >= 0.6 is 0 Å². The Bertz CT molecular complexity index is 2450. The number of oxazole rings is 2. The number of nitrogens with zero attached hydrogens (tertiary/aromatic N) is 4. The van der Waals surface area contributed by atoms with Crippen LogP contribution in [0.5, 0.6) is 5.75 Å². The molecule has 13 heteroatoms. The Morgan fingerprint density at radius 2 is 1.69 bits per heavy atom. The van der Waals surface area contributed by atoms with Gasteiger partial charge in [-0.25, -0.2) is 9.97 Å². The zero-order chi connectivity index (χ0) is 38.2. The Morgan fingerprint density at radius 3 is 2.35 bits per heavy atom. The Morgan fingerprint density at radius 1 is 0.982 bits per heavy atom. The second-order valence-corrected chi connectivity index (χ2v) is 14.2. The van der Waals surface area contributed by atoms with Crippen molar-refractivity contribution < 1.29 is 36.3 Å². The molecule has 0 radical (unpaired) electrons. The minimum absolute atomic E-state index is 0.0484. The molecule has 6 aromatic rings. The van der Waals surface area contributed by atoms with Crippen LogP contribution in [-0.2, 0) is 22.7 Å². The molecule has 1 N–H and O–H groups in total. The van der Waals surface area contributed by atoms with Crippen molar-refractivity contribution in [3.63, 3.8) is 0 Å². The lowest BCUT2D eigenvalue weighted by molar-refractivity contribution is -0.147. The van der Waals surface area contributed by atoms with Crippen LogP contribution < -0.4 is 10.1 Å². The molecule has 8 rings (SSSR count). The van der Waals surface area contributed by atoms with Crippen molar-refractivity contribution in [3.05, 3.63) is 88.5 Å². The summed E-state index contributed by atoms with van der Waals surface area (Å²) in [6, 6.07) is 20.1. The highest BCUT2D eigenvalue weighted by molar-refractivity contribution is 5.86. The van der Waals surface area contributed by atoms with Crippen molar-refractivity contribution in [1.29, 1.82) is 5.26 Å². The van der Waals surface area contributed by atoms with Crippen molar-refractivity contribution in [2.75, 3.05) is 26.3 Å². The van der Waals surface area contributed by atoms with Crippen LogP contribution in [0.2, 0.25) is 0 Å². The highest BCUT2D eigenvalue weighted by Gasteiger charge is 2.26. The smallest absolute Gasteiger partial charge is 0.387 e. The molecule has 4 aromatic carbocycles. The van der Waals surface area contributed by atoms with Crippen LogP contribution in [0.25, 0.3) is 56.2 Å². The standard InChI is InChI=1S/C42H38F3N5O5/c1-23-29(6-3-8-31(23)39-48-34-16-28(22-52-41(51)33-10-5-12-47-33)36(54-42(44)45)17-37(34)53-39)30-7-4-9-32(24(30)2)40-49-35-15-26(14-27(19-46)38(35)55-40)21-50-13-11-25(18-43)20-50/h3-4,6-9,14-17,25,33,42,47H,5,10-13,18,20-22H2,1-2H3/t25?,33-/m0/s1. The Labute approximate surface area is 314 Å². The minimum Gasteiger partial charge on any atom is -0.460 e. The van der Waals surface area contributed by atoms with E-state index in [0.717, 1.165) is 52.8 Å². The van der Waals surface area contributed by atoms with Gasteiger partial charge in [0.1, 0.15) is 35.5 Å². The lowest BCUT2D eigenvalue weighted by Gasteiger charge is -2.15. The molecule has 1 unspecified atom stereocenters. The number of carbonyl (C=O) groups excluding carboxylic acids is 1. The Kier molecular flexibility index (Phi) is 10.0. The first kappa shape index (κ1) is 36.3. The van der Waals surface area contributed by atoms with Gasteiger partial charge in [0, 0.05) is 41.8 Å². The fourth-order valence-corrected chi connectivity index (χ4v) is 7.71. The van der Waals surface area contributed by atoms with Gasteiger partial charge >= 0.3 is 12.6 Å². The first-order valence-corrected chi connectivity index (χ1v) is 18.3. The van der Waals surface area contributed by atoms with Gasteiger partial charge in [-0.15, -0.1) is 0 Å². The number of fused-ring (bicyclic) bond motifs is 2. The van der Waals surface area contributed by atoms with E-state index in [1.165, 1.54) is 12.1 Å². The van der Waals surface area contributed by atoms with E-state index in [0.29, 0.717) is 59.7 Å². The molecule has 0 amide bonds. The number of esters is 1. The summed E-state index contributed by atoms with van der Waals surface area (Å²) >= 11 is 0. The highest BCUT2D eigenvalue weighted by atomic mass is 19.3. The van der Waals surface area contributed by atoms with Gasteiger partial charge in [-0.2, -0.15) is 14.0 Å². The van der Waals surface area contributed by atoms with Gasteiger partial charge in [-0.3, -0.25) is 14.1 Å². The van der Waals surface area contributed by atoms with Crippen molar-refractivity contribution >= 4 is 28.2 Å². The van der Waals surface area contributed by atoms with E-state index in [1.807, 2.05) is 62.4 Å². The molecule has 0 aliphatic carbocycles. The first-order chi connectivity index (χ1) is 26.7. The molecule has 2 saturated heterocycles. The summed E-state index contributed by atoms with van der Waals surface area (Å²) in [5.74, 6) is 0.104. The summed E-state index contributed by atoms with van der Waals surface area (Å²) in [7, 11) is 0. The molecule has 4 heterocycles. The predicted molar refractivity (Wildman–Crippen MR) is 199 cm³/mol. The number of aromatic nitrogens is 2. The van der Waals surface area contributed by atoms with Gasteiger partial charge in [0.2, 0.25) is 11.8 Å². The van der Waals surface area contributed by atoms with Crippen LogP contribution in [0.15, 0.2) is 69.5 Å². The third-order valence-electron chi connectivity index (χ3n) is 10.6. The number of rotatable bonds is 11. The normalized spacial score (nSPS) is 17.4. The summed E-state index contributed by atoms with van der Waals surface area (Å²) in [5, 5.41) is 13.1. The molecule has 0 saturated carbocycles. The molecule has 2 aliphatic rings. The quantitative estimate of drug-likeness (QED) is 0.129. The van der Waals surface area contributed by atoms with E-state index in [2.05, 4.69) is 16.3 Å². The molecule has 2 aromatic heterocycles. The number of halogens is 3. The number of nitrogens with one attached hydrogen (secondary N) is 1. The van der Waals surface area contributed by atoms with E-state index >= 15 is 0 Å². The lowest BCUT2D eigenvalue weighted by Crippen LogP contribution is -2.32. The second-order valence-electron chi connectivity index (χ2n) is 14.2. The number of likely N-dealkylation sites (tertiary alicyclic amines) is 1. The molecule has 55 heavy (non-hydrogen) atoms. The maximum atomic E-state index is 13.4. The van der Waals surface area contributed by atoms with E-state index in [-0.39, 0.29) is 42.0 Å².